The van der Waals surface area contributed by atoms with Crippen molar-refractivity contribution in [1.29, 1.82) is 0 Å². The molecule has 122 valence electrons. The van der Waals surface area contributed by atoms with Gasteiger partial charge in [-0.1, -0.05) is 12.1 Å². The van der Waals surface area contributed by atoms with Gasteiger partial charge in [-0.15, -0.1) is 0 Å². The molecular weight excluding hydrogens is 337 g/mol. The van der Waals surface area contributed by atoms with Gasteiger partial charge in [-0.25, -0.2) is 9.37 Å². The molecule has 0 fully saturated rings. The maximum atomic E-state index is 13.0. The van der Waals surface area contributed by atoms with Crippen molar-refractivity contribution in [2.45, 2.75) is 6.42 Å². The van der Waals surface area contributed by atoms with Crippen molar-refractivity contribution in [3.8, 4) is 0 Å². The number of carbonyl (C=O) groups excluding carboxylic acids is 1. The number of benzene rings is 1. The molecule has 0 bridgehead atoms. The number of hydrogen-bond acceptors (Lipinski definition) is 5. The fourth-order valence-corrected chi connectivity index (χ4v) is 2.35. The quantitative estimate of drug-likeness (QED) is 0.418. The molecule has 0 spiro atoms. The third-order valence-corrected chi connectivity index (χ3v) is 3.42. The maximum absolute atomic E-state index is 13.0. The first-order valence-corrected chi connectivity index (χ1v) is 7.24. The lowest BCUT2D eigenvalue weighted by Crippen LogP contribution is -2.00. The number of nitrogens with zero attached hydrogens (tertiary/aromatic N) is 2. The number of aromatic amines is 1. The number of H-pyrrole nitrogens is 1. The van der Waals surface area contributed by atoms with Crippen LogP contribution in [-0.2, 0) is 6.42 Å². The van der Waals surface area contributed by atoms with Gasteiger partial charge >= 0.3 is 0 Å². The van der Waals surface area contributed by atoms with Crippen LogP contribution in [0.25, 0.3) is 5.76 Å². The van der Waals surface area contributed by atoms with Gasteiger partial charge in [0.1, 0.15) is 12.1 Å². The fourth-order valence-electron chi connectivity index (χ4n) is 2.14. The van der Waals surface area contributed by atoms with E-state index in [1.165, 1.54) is 24.5 Å². The van der Waals surface area contributed by atoms with E-state index in [1.54, 1.807) is 12.1 Å². The number of allylic oxidation sites excluding steroid dienone is 1. The van der Waals surface area contributed by atoms with Crippen LogP contribution >= 0.6 is 11.6 Å². The van der Waals surface area contributed by atoms with Gasteiger partial charge in [0.05, 0.1) is 0 Å². The molecule has 2 N–H and O–H groups in total. The highest BCUT2D eigenvalue weighted by Crippen LogP contribution is 2.24. The average Bonchev–Trinajstić information content (AvgIpc) is 3.19. The third kappa shape index (κ3) is 3.52. The first kappa shape index (κ1) is 15.9. The average molecular weight is 348 g/mol. The summed E-state index contributed by atoms with van der Waals surface area (Å²) in [4.78, 5) is 16.1. The topological polar surface area (TPSA) is 92.0 Å². The Kier molecular flexibility index (Phi) is 4.43. The Hall–Kier alpha value is -2.93. The van der Waals surface area contributed by atoms with Gasteiger partial charge in [-0.05, 0) is 29.3 Å². The van der Waals surface area contributed by atoms with Crippen molar-refractivity contribution >= 4 is 23.1 Å². The van der Waals surface area contributed by atoms with Crippen LogP contribution < -0.4 is 0 Å². The second-order valence-corrected chi connectivity index (χ2v) is 5.31. The monoisotopic (exact) mass is 347 g/mol. The van der Waals surface area contributed by atoms with Crippen molar-refractivity contribution in [1.82, 2.24) is 15.2 Å². The highest BCUT2D eigenvalue weighted by atomic mass is 35.5. The van der Waals surface area contributed by atoms with E-state index in [2.05, 4.69) is 15.2 Å². The summed E-state index contributed by atoms with van der Waals surface area (Å²) < 4.78 is 18.2. The lowest BCUT2D eigenvalue weighted by atomic mass is 10.0. The van der Waals surface area contributed by atoms with Crippen LogP contribution in [-0.4, -0.2) is 26.1 Å². The molecule has 0 amide bonds. The summed E-state index contributed by atoms with van der Waals surface area (Å²) in [6, 6.07) is 7.37. The number of hydrogen-bond donors (Lipinski definition) is 2. The fraction of sp³-hybridized carbons (Fsp3) is 0.0625. The molecule has 2 aromatic heterocycles. The van der Waals surface area contributed by atoms with E-state index in [0.717, 1.165) is 11.6 Å². The van der Waals surface area contributed by atoms with Gasteiger partial charge < -0.3 is 9.52 Å². The maximum Gasteiger partial charge on any atom is 0.225 e. The highest BCUT2D eigenvalue weighted by Gasteiger charge is 2.18. The molecule has 2 heterocycles. The van der Waals surface area contributed by atoms with Crippen LogP contribution in [0.1, 0.15) is 27.5 Å². The van der Waals surface area contributed by atoms with Gasteiger partial charge in [0.25, 0.3) is 0 Å². The number of furan rings is 1. The predicted molar refractivity (Wildman–Crippen MR) is 84.2 cm³/mol. The highest BCUT2D eigenvalue weighted by molar-refractivity contribution is 6.29. The summed E-state index contributed by atoms with van der Waals surface area (Å²) in [6.07, 6.45) is 2.49. The van der Waals surface area contributed by atoms with Gasteiger partial charge in [0.15, 0.2) is 22.6 Å². The zero-order chi connectivity index (χ0) is 17.1. The van der Waals surface area contributed by atoms with Crippen LogP contribution in [0.4, 0.5) is 4.39 Å². The number of rotatable bonds is 5. The summed E-state index contributed by atoms with van der Waals surface area (Å²) in [6.45, 7) is 0. The van der Waals surface area contributed by atoms with E-state index < -0.39 is 5.78 Å². The van der Waals surface area contributed by atoms with Crippen molar-refractivity contribution in [3.05, 3.63) is 76.5 Å². The smallest absolute Gasteiger partial charge is 0.225 e. The van der Waals surface area contributed by atoms with Crippen molar-refractivity contribution < 1.29 is 18.7 Å². The molecule has 0 atom stereocenters. The zero-order valence-electron chi connectivity index (χ0n) is 12.2. The standard InChI is InChI=1S/C16H11ClFN3O3/c17-14-6-10(5-9-1-3-11(18)4-2-9)15(24-14)12(22)7-13(23)16-19-8-20-21-16/h1-4,6-8,23H,5H2,(H,19,20,21). The summed E-state index contributed by atoms with van der Waals surface area (Å²) in [5, 5.41) is 15.9. The van der Waals surface area contributed by atoms with Crippen LogP contribution in [0.3, 0.4) is 0 Å². The first-order chi connectivity index (χ1) is 11.5. The first-order valence-electron chi connectivity index (χ1n) is 6.86. The molecule has 8 heteroatoms. The minimum atomic E-state index is -0.576. The van der Waals surface area contributed by atoms with Crippen LogP contribution in [0.5, 0.6) is 0 Å². The Morgan fingerprint density at radius 3 is 2.79 bits per heavy atom. The normalized spacial score (nSPS) is 11.7. The summed E-state index contributed by atoms with van der Waals surface area (Å²) in [5.41, 5.74) is 1.31. The molecule has 3 aromatic rings. The summed E-state index contributed by atoms with van der Waals surface area (Å²) in [7, 11) is 0. The molecule has 0 saturated carbocycles. The molecule has 0 saturated heterocycles. The molecule has 3 rings (SSSR count). The van der Waals surface area contributed by atoms with E-state index in [-0.39, 0.29) is 28.4 Å². The van der Waals surface area contributed by atoms with E-state index in [4.69, 9.17) is 16.0 Å². The van der Waals surface area contributed by atoms with Crippen molar-refractivity contribution in [3.63, 3.8) is 0 Å². The number of aliphatic hydroxyl groups excluding tert-OH is 1. The van der Waals surface area contributed by atoms with Gasteiger partial charge in [0, 0.05) is 24.1 Å². The van der Waals surface area contributed by atoms with Crippen molar-refractivity contribution in [2.24, 2.45) is 0 Å². The minimum Gasteiger partial charge on any atom is -0.504 e. The van der Waals surface area contributed by atoms with E-state index in [9.17, 15) is 14.3 Å². The molecule has 6 nitrogen and oxygen atoms in total. The van der Waals surface area contributed by atoms with E-state index >= 15 is 0 Å². The number of carbonyl (C=O) groups is 1. The Bertz CT molecular complexity index is 886. The van der Waals surface area contributed by atoms with Crippen LogP contribution in [0.15, 0.2) is 47.2 Å². The summed E-state index contributed by atoms with van der Waals surface area (Å²) in [5.74, 6) is -1.25. The number of aromatic nitrogens is 3. The molecule has 24 heavy (non-hydrogen) atoms. The van der Waals surface area contributed by atoms with E-state index in [1.807, 2.05) is 0 Å². The SMILES string of the molecule is O=C(C=C(O)c1ncn[nH]1)c1oc(Cl)cc1Cc1ccc(F)cc1. The zero-order valence-corrected chi connectivity index (χ0v) is 12.9. The largest absolute Gasteiger partial charge is 0.504 e. The lowest BCUT2D eigenvalue weighted by molar-refractivity contribution is 0.102. The number of ketones is 1. The Labute approximate surface area is 140 Å². The lowest BCUT2D eigenvalue weighted by Gasteiger charge is -2.01. The molecule has 0 aliphatic carbocycles. The minimum absolute atomic E-state index is 0.00427. The second kappa shape index (κ2) is 6.67. The predicted octanol–water partition coefficient (Wildman–Crippen LogP) is 3.56. The Morgan fingerprint density at radius 1 is 1.38 bits per heavy atom. The van der Waals surface area contributed by atoms with Gasteiger partial charge in [0.2, 0.25) is 5.78 Å². The summed E-state index contributed by atoms with van der Waals surface area (Å²) >= 11 is 5.85. The third-order valence-electron chi connectivity index (χ3n) is 3.24. The molecule has 0 unspecified atom stereocenters. The molecule has 0 aliphatic heterocycles. The molecular formula is C16H11ClFN3O3. The molecule has 1 aromatic carbocycles. The van der Waals surface area contributed by atoms with Crippen molar-refractivity contribution in [2.75, 3.05) is 0 Å². The number of aliphatic hydroxyl groups is 1. The van der Waals surface area contributed by atoms with Gasteiger partial charge in [-0.3, -0.25) is 9.89 Å². The molecule has 0 radical (unpaired) electrons. The van der Waals surface area contributed by atoms with Crippen LogP contribution in [0.2, 0.25) is 5.22 Å². The van der Waals surface area contributed by atoms with Crippen LogP contribution in [0, 0.1) is 5.82 Å². The second-order valence-electron chi connectivity index (χ2n) is 4.94. The molecule has 0 aliphatic rings. The number of nitrogens with one attached hydrogen (secondary N) is 1. The Morgan fingerprint density at radius 2 is 2.12 bits per heavy atom. The number of halogens is 2. The van der Waals surface area contributed by atoms with Gasteiger partial charge in [-0.2, -0.15) is 5.10 Å². The van der Waals surface area contributed by atoms with E-state index in [0.29, 0.717) is 12.0 Å². The Balaban J connectivity index is 1.87.